The molecule has 0 unspecified atom stereocenters. The van der Waals surface area contributed by atoms with E-state index in [4.69, 9.17) is 0 Å². The maximum atomic E-state index is 11.4. The van der Waals surface area contributed by atoms with Crippen LogP contribution in [0.3, 0.4) is 0 Å². The van der Waals surface area contributed by atoms with Gasteiger partial charge < -0.3 is 4.79 Å². The van der Waals surface area contributed by atoms with Crippen molar-refractivity contribution in [2.45, 2.75) is 12.1 Å². The van der Waals surface area contributed by atoms with Crippen molar-refractivity contribution in [1.82, 2.24) is 0 Å². The maximum Gasteiger partial charge on any atom is 0.120 e. The summed E-state index contributed by atoms with van der Waals surface area (Å²) in [7, 11) is -0.628. The van der Waals surface area contributed by atoms with Gasteiger partial charge in [0, 0.05) is 12.1 Å². The first kappa shape index (κ1) is 15.6. The zero-order chi connectivity index (χ0) is 15.9. The van der Waals surface area contributed by atoms with Crippen LogP contribution < -0.4 is 10.6 Å². The van der Waals surface area contributed by atoms with E-state index in [2.05, 4.69) is 72.8 Å². The Balaban J connectivity index is 2.11. The number of benzene rings is 3. The molecule has 0 aliphatic rings. The third kappa shape index (κ3) is 3.75. The summed E-state index contributed by atoms with van der Waals surface area (Å²) in [5, 5.41) is 2.62. The molecule has 0 spiro atoms. The lowest BCUT2D eigenvalue weighted by Gasteiger charge is -2.28. The molecule has 1 nitrogen and oxygen atoms in total. The molecule has 0 saturated heterocycles. The Kier molecular flexibility index (Phi) is 5.34. The fourth-order valence-corrected chi connectivity index (χ4v) is 5.61. The number of aldehydes is 1. The third-order valence-electron chi connectivity index (χ3n) is 3.88. The molecule has 0 heterocycles. The Morgan fingerprint density at radius 1 is 0.696 bits per heavy atom. The van der Waals surface area contributed by atoms with Crippen LogP contribution in [0, 0.1) is 0 Å². The molecule has 0 radical (unpaired) electrons. The van der Waals surface area contributed by atoms with Gasteiger partial charge in [0.05, 0.1) is 0 Å². The van der Waals surface area contributed by atoms with E-state index >= 15 is 0 Å². The Bertz CT molecular complexity index is 686. The van der Waals surface area contributed by atoms with Crippen LogP contribution in [0.5, 0.6) is 0 Å². The summed E-state index contributed by atoms with van der Waals surface area (Å²) in [5.41, 5.74) is 1.44. The molecule has 23 heavy (non-hydrogen) atoms. The molecular formula is C21H19OP. The highest BCUT2D eigenvalue weighted by Gasteiger charge is 2.25. The van der Waals surface area contributed by atoms with Gasteiger partial charge >= 0.3 is 0 Å². The van der Waals surface area contributed by atoms with Crippen molar-refractivity contribution in [3.8, 4) is 0 Å². The topological polar surface area (TPSA) is 17.1 Å². The van der Waals surface area contributed by atoms with E-state index in [-0.39, 0.29) is 5.66 Å². The minimum absolute atomic E-state index is 0.202. The predicted molar refractivity (Wildman–Crippen MR) is 98.9 cm³/mol. The van der Waals surface area contributed by atoms with E-state index in [0.29, 0.717) is 6.42 Å². The highest BCUT2D eigenvalue weighted by molar-refractivity contribution is 7.73. The fourth-order valence-electron chi connectivity index (χ4n) is 2.84. The molecular weight excluding hydrogens is 299 g/mol. The summed E-state index contributed by atoms with van der Waals surface area (Å²) in [6, 6.07) is 31.5. The lowest BCUT2D eigenvalue weighted by molar-refractivity contribution is -0.107. The van der Waals surface area contributed by atoms with Gasteiger partial charge in [-0.1, -0.05) is 91.0 Å². The van der Waals surface area contributed by atoms with E-state index in [1.54, 1.807) is 0 Å². The van der Waals surface area contributed by atoms with Gasteiger partial charge in [-0.25, -0.2) is 0 Å². The van der Waals surface area contributed by atoms with E-state index < -0.39 is 7.92 Å². The second-order valence-electron chi connectivity index (χ2n) is 5.37. The molecule has 3 aromatic carbocycles. The predicted octanol–water partition coefficient (Wildman–Crippen LogP) is 4.45. The Hall–Kier alpha value is -2.24. The van der Waals surface area contributed by atoms with Crippen molar-refractivity contribution in [3.05, 3.63) is 96.6 Å². The Morgan fingerprint density at radius 2 is 1.13 bits per heavy atom. The molecule has 0 aromatic heterocycles. The normalized spacial score (nSPS) is 12.0. The van der Waals surface area contributed by atoms with Gasteiger partial charge in [-0.3, -0.25) is 0 Å². The van der Waals surface area contributed by atoms with Gasteiger partial charge in [-0.2, -0.15) is 0 Å². The molecule has 1 atom stereocenters. The maximum absolute atomic E-state index is 11.4. The molecule has 0 aliphatic heterocycles. The summed E-state index contributed by atoms with van der Waals surface area (Å²) < 4.78 is 0. The molecule has 2 heteroatoms. The van der Waals surface area contributed by atoms with Gasteiger partial charge in [-0.15, -0.1) is 0 Å². The van der Waals surface area contributed by atoms with E-state index in [1.807, 2.05) is 18.2 Å². The van der Waals surface area contributed by atoms with E-state index in [9.17, 15) is 4.79 Å². The second kappa shape index (κ2) is 7.85. The molecule has 0 N–H and O–H groups in total. The molecule has 0 fully saturated rings. The van der Waals surface area contributed by atoms with Crippen LogP contribution in [-0.4, -0.2) is 6.29 Å². The molecule has 0 aliphatic carbocycles. The first-order valence-corrected chi connectivity index (χ1v) is 9.19. The average Bonchev–Trinajstić information content (AvgIpc) is 2.64. The number of rotatable bonds is 6. The van der Waals surface area contributed by atoms with Crippen LogP contribution in [-0.2, 0) is 4.79 Å². The lowest BCUT2D eigenvalue weighted by atomic mass is 10.1. The van der Waals surface area contributed by atoms with Crippen LogP contribution in [0.1, 0.15) is 17.6 Å². The van der Waals surface area contributed by atoms with Crippen LogP contribution in [0.25, 0.3) is 0 Å². The van der Waals surface area contributed by atoms with Crippen molar-refractivity contribution in [3.63, 3.8) is 0 Å². The van der Waals surface area contributed by atoms with Crippen LogP contribution in [0.15, 0.2) is 91.0 Å². The van der Waals surface area contributed by atoms with Crippen molar-refractivity contribution in [2.75, 3.05) is 0 Å². The quantitative estimate of drug-likeness (QED) is 0.485. The van der Waals surface area contributed by atoms with Crippen molar-refractivity contribution in [2.24, 2.45) is 0 Å². The molecule has 0 amide bonds. The minimum Gasteiger partial charge on any atom is -0.303 e. The van der Waals surface area contributed by atoms with E-state index in [1.165, 1.54) is 16.2 Å². The molecule has 114 valence electrons. The molecule has 3 rings (SSSR count). The fraction of sp³-hybridized carbons (Fsp3) is 0.0952. The zero-order valence-electron chi connectivity index (χ0n) is 12.9. The highest BCUT2D eigenvalue weighted by Crippen LogP contribution is 2.50. The summed E-state index contributed by atoms with van der Waals surface area (Å²) in [6.07, 6.45) is 1.60. The van der Waals surface area contributed by atoms with Gasteiger partial charge in [0.2, 0.25) is 0 Å². The first-order chi connectivity index (χ1) is 11.4. The summed E-state index contributed by atoms with van der Waals surface area (Å²) in [6.45, 7) is 0. The van der Waals surface area contributed by atoms with Crippen molar-refractivity contribution in [1.29, 1.82) is 0 Å². The lowest BCUT2D eigenvalue weighted by Crippen LogP contribution is -2.17. The number of carbonyl (C=O) groups is 1. The molecule has 3 aromatic rings. The van der Waals surface area contributed by atoms with Gasteiger partial charge in [0.15, 0.2) is 0 Å². The Labute approximate surface area is 138 Å². The minimum atomic E-state index is -0.628. The van der Waals surface area contributed by atoms with E-state index in [0.717, 1.165) is 6.29 Å². The standard InChI is InChI=1S/C21H19OP/c22-17-16-21(18-10-4-1-5-11-18)23(19-12-6-2-7-13-19)20-14-8-3-9-15-20/h1-15,17,21H,16H2/t21-/m0/s1. The summed E-state index contributed by atoms with van der Waals surface area (Å²) >= 11 is 0. The van der Waals surface area contributed by atoms with Gasteiger partial charge in [0.1, 0.15) is 6.29 Å². The summed E-state index contributed by atoms with van der Waals surface area (Å²) in [5.74, 6) is 0. The number of hydrogen-bond acceptors (Lipinski definition) is 1. The number of hydrogen-bond donors (Lipinski definition) is 0. The largest absolute Gasteiger partial charge is 0.303 e. The van der Waals surface area contributed by atoms with Crippen molar-refractivity contribution >= 4 is 24.8 Å². The molecule has 0 saturated carbocycles. The van der Waals surface area contributed by atoms with Gasteiger partial charge in [-0.05, 0) is 24.1 Å². The molecule has 0 bridgehead atoms. The summed E-state index contributed by atoms with van der Waals surface area (Å²) in [4.78, 5) is 11.4. The second-order valence-corrected chi connectivity index (χ2v) is 7.77. The Morgan fingerprint density at radius 3 is 1.57 bits per heavy atom. The van der Waals surface area contributed by atoms with Gasteiger partial charge in [0.25, 0.3) is 0 Å². The average molecular weight is 318 g/mol. The number of carbonyl (C=O) groups excluding carboxylic acids is 1. The smallest absolute Gasteiger partial charge is 0.120 e. The van der Waals surface area contributed by atoms with Crippen LogP contribution in [0.2, 0.25) is 0 Å². The first-order valence-electron chi connectivity index (χ1n) is 7.78. The van der Waals surface area contributed by atoms with Crippen LogP contribution >= 0.6 is 7.92 Å². The third-order valence-corrected chi connectivity index (χ3v) is 6.73. The zero-order valence-corrected chi connectivity index (χ0v) is 13.8. The van der Waals surface area contributed by atoms with Crippen molar-refractivity contribution < 1.29 is 4.79 Å². The van der Waals surface area contributed by atoms with Crippen LogP contribution in [0.4, 0.5) is 0 Å². The SMILES string of the molecule is O=CC[C@@H](c1ccccc1)P(c1ccccc1)c1ccccc1. The highest BCUT2D eigenvalue weighted by atomic mass is 31.1. The monoisotopic (exact) mass is 318 g/mol.